The van der Waals surface area contributed by atoms with Crippen molar-refractivity contribution >= 4 is 23.0 Å². The second kappa shape index (κ2) is 13.4. The van der Waals surface area contributed by atoms with E-state index in [2.05, 4.69) is 4.89 Å². The smallest absolute Gasteiger partial charge is 0.344 e. The topological polar surface area (TPSA) is 158 Å². The summed E-state index contributed by atoms with van der Waals surface area (Å²) in [6, 6.07) is 22.3. The number of rotatable bonds is 12. The highest BCUT2D eigenvalue weighted by molar-refractivity contribution is 7.80. The van der Waals surface area contributed by atoms with Gasteiger partial charge >= 0.3 is 11.9 Å². The Labute approximate surface area is 230 Å². The second-order valence-electron chi connectivity index (χ2n) is 8.08. The molecule has 3 N–H and O–H groups in total. The molecule has 0 amide bonds. The van der Waals surface area contributed by atoms with Crippen LogP contribution < -0.4 is 13.8 Å². The number of aromatic hydroxyl groups is 1. The van der Waals surface area contributed by atoms with E-state index < -0.39 is 28.6 Å². The van der Waals surface area contributed by atoms with E-state index in [0.29, 0.717) is 0 Å². The Kier molecular flexibility index (Phi) is 9.44. The summed E-state index contributed by atoms with van der Waals surface area (Å²) in [7, 11) is 0. The van der Waals surface area contributed by atoms with Gasteiger partial charge in [-0.1, -0.05) is 36.4 Å². The van der Waals surface area contributed by atoms with Gasteiger partial charge in [0, 0.05) is 12.1 Å². The first-order valence-electron chi connectivity index (χ1n) is 11.6. The average molecular weight is 567 g/mol. The highest BCUT2D eigenvalue weighted by Gasteiger charge is 2.20. The van der Waals surface area contributed by atoms with Crippen LogP contribution in [0.2, 0.25) is 0 Å². The number of carboxylic acids is 1. The molecule has 0 fully saturated rings. The van der Waals surface area contributed by atoms with Gasteiger partial charge in [0.1, 0.15) is 30.5 Å². The van der Waals surface area contributed by atoms with Crippen LogP contribution in [-0.4, -0.2) is 31.6 Å². The maximum absolute atomic E-state index is 12.9. The number of phenols is 1. The van der Waals surface area contributed by atoms with E-state index in [9.17, 15) is 24.0 Å². The third kappa shape index (κ3) is 7.42. The zero-order chi connectivity index (χ0) is 28.5. The van der Waals surface area contributed by atoms with Crippen LogP contribution in [0.4, 0.5) is 0 Å². The van der Waals surface area contributed by atoms with E-state index in [0.717, 1.165) is 29.3 Å². The zero-order valence-electron chi connectivity index (χ0n) is 20.6. The normalized spacial score (nSPS) is 11.4. The van der Waals surface area contributed by atoms with Crippen LogP contribution in [0.15, 0.2) is 95.9 Å². The minimum atomic E-state index is -2.02. The van der Waals surface area contributed by atoms with Crippen molar-refractivity contribution in [2.24, 2.45) is 0 Å². The fourth-order valence-corrected chi connectivity index (χ4v) is 4.25. The number of benzene rings is 4. The van der Waals surface area contributed by atoms with Crippen LogP contribution in [0, 0.1) is 0 Å². The van der Waals surface area contributed by atoms with Gasteiger partial charge in [0.25, 0.3) is 0 Å². The maximum Gasteiger partial charge on any atom is 0.344 e. The minimum Gasteiger partial charge on any atom is -0.508 e. The Bertz CT molecular complexity index is 1540. The van der Waals surface area contributed by atoms with Gasteiger partial charge in [0.05, 0.1) is 16.0 Å². The molecule has 4 aromatic rings. The Balaban J connectivity index is 1.38. The van der Waals surface area contributed by atoms with Crippen molar-refractivity contribution in [3.05, 3.63) is 113 Å². The zero-order valence-corrected chi connectivity index (χ0v) is 21.4. The van der Waals surface area contributed by atoms with Crippen molar-refractivity contribution < 1.29 is 52.9 Å². The van der Waals surface area contributed by atoms with Gasteiger partial charge in [-0.2, -0.15) is 4.89 Å². The summed E-state index contributed by atoms with van der Waals surface area (Å²) in [5.41, 5.74) is 0.773. The standard InChI is InChI=1S/C28H22O11S/c29-20-11-12-25(26(13-20)27(30)31)28(32)37-21-7-4-10-24(15-21)40(34)39-23-9-3-8-22(14-23)38-36-17-19-6-2-1-5-18(19)16-35-33/h1-15,29,33H,16-17H2,(H,30,31). The highest BCUT2D eigenvalue weighted by Crippen LogP contribution is 2.25. The average Bonchev–Trinajstić information content (AvgIpc) is 2.94. The molecule has 206 valence electrons. The summed E-state index contributed by atoms with van der Waals surface area (Å²) in [6.07, 6.45) is 0. The lowest BCUT2D eigenvalue weighted by Gasteiger charge is -2.10. The molecule has 40 heavy (non-hydrogen) atoms. The van der Waals surface area contributed by atoms with Crippen molar-refractivity contribution in [1.82, 2.24) is 0 Å². The van der Waals surface area contributed by atoms with Crippen molar-refractivity contribution in [2.45, 2.75) is 18.1 Å². The van der Waals surface area contributed by atoms with Gasteiger partial charge in [0.2, 0.25) is 11.1 Å². The number of carboxylic acid groups (broad SMARTS) is 1. The molecule has 0 aliphatic carbocycles. The van der Waals surface area contributed by atoms with Crippen LogP contribution in [0.25, 0.3) is 0 Å². The van der Waals surface area contributed by atoms with Crippen LogP contribution in [0.5, 0.6) is 23.0 Å². The van der Waals surface area contributed by atoms with Crippen LogP contribution in [0.3, 0.4) is 0 Å². The predicted octanol–water partition coefficient (Wildman–Crippen LogP) is 4.91. The highest BCUT2D eigenvalue weighted by atomic mass is 32.2. The number of aromatic carboxylic acids is 1. The van der Waals surface area contributed by atoms with Gasteiger partial charge in [-0.25, -0.2) is 18.7 Å². The summed E-state index contributed by atoms with van der Waals surface area (Å²) in [6.45, 7) is 0.0649. The van der Waals surface area contributed by atoms with Crippen molar-refractivity contribution in [2.75, 3.05) is 0 Å². The lowest BCUT2D eigenvalue weighted by atomic mass is 10.1. The van der Waals surface area contributed by atoms with Crippen molar-refractivity contribution in [3.8, 4) is 23.0 Å². The number of esters is 1. The van der Waals surface area contributed by atoms with Crippen LogP contribution in [0.1, 0.15) is 31.8 Å². The molecule has 0 radical (unpaired) electrons. The first kappa shape index (κ1) is 28.3. The first-order valence-corrected chi connectivity index (χ1v) is 12.6. The minimum absolute atomic E-state index is 0.00114. The molecule has 0 aromatic heterocycles. The predicted molar refractivity (Wildman–Crippen MR) is 139 cm³/mol. The third-order valence-corrected chi connectivity index (χ3v) is 6.33. The van der Waals surface area contributed by atoms with Gasteiger partial charge in [-0.05, 0) is 53.6 Å². The Hall–Kier alpha value is -4.75. The van der Waals surface area contributed by atoms with Crippen molar-refractivity contribution in [1.29, 1.82) is 0 Å². The number of ether oxygens (including phenoxy) is 1. The van der Waals surface area contributed by atoms with Gasteiger partial charge in [0.15, 0.2) is 5.75 Å². The van der Waals surface area contributed by atoms with E-state index in [1.807, 2.05) is 0 Å². The van der Waals surface area contributed by atoms with Gasteiger partial charge < -0.3 is 24.0 Å². The number of carbonyl (C=O) groups is 2. The van der Waals surface area contributed by atoms with Gasteiger partial charge in [-0.3, -0.25) is 5.26 Å². The van der Waals surface area contributed by atoms with Crippen LogP contribution >= 0.6 is 0 Å². The number of phenolic OH excluding ortho intramolecular Hbond substituents is 1. The Morgan fingerprint density at radius 3 is 2.20 bits per heavy atom. The van der Waals surface area contributed by atoms with E-state index in [-0.39, 0.29) is 46.7 Å². The fraction of sp³-hybridized carbons (Fsp3) is 0.0714. The maximum atomic E-state index is 12.9. The first-order chi connectivity index (χ1) is 19.3. The molecule has 0 saturated carbocycles. The Morgan fingerprint density at radius 2 is 1.45 bits per heavy atom. The summed E-state index contributed by atoms with van der Waals surface area (Å²) >= 11 is -2.02. The summed E-state index contributed by atoms with van der Waals surface area (Å²) in [5, 5.41) is 27.5. The molecule has 0 aliphatic rings. The van der Waals surface area contributed by atoms with E-state index in [1.165, 1.54) is 30.3 Å². The molecular weight excluding hydrogens is 544 g/mol. The molecule has 0 heterocycles. The van der Waals surface area contributed by atoms with Crippen molar-refractivity contribution in [3.63, 3.8) is 0 Å². The van der Waals surface area contributed by atoms with Gasteiger partial charge in [-0.15, -0.1) is 0 Å². The molecule has 1 unspecified atom stereocenters. The van der Waals surface area contributed by atoms with E-state index in [1.54, 1.807) is 42.5 Å². The largest absolute Gasteiger partial charge is 0.508 e. The molecule has 4 aromatic carbocycles. The lowest BCUT2D eigenvalue weighted by Crippen LogP contribution is -2.14. The number of carbonyl (C=O) groups excluding carboxylic acids is 1. The molecule has 12 heteroatoms. The number of hydrogen-bond donors (Lipinski definition) is 3. The monoisotopic (exact) mass is 566 g/mol. The van der Waals surface area contributed by atoms with E-state index >= 15 is 0 Å². The van der Waals surface area contributed by atoms with E-state index in [4.69, 9.17) is 24.0 Å². The molecule has 0 spiro atoms. The molecular formula is C28H22O11S. The molecule has 0 saturated heterocycles. The molecule has 0 bridgehead atoms. The SMILES string of the molecule is O=C(O)c1cc(O)ccc1C(=O)Oc1cccc(S(=O)Oc2cccc(OOCc3ccccc3COO)c2)c1. The molecule has 11 nitrogen and oxygen atoms in total. The summed E-state index contributed by atoms with van der Waals surface area (Å²) < 4.78 is 23.6. The summed E-state index contributed by atoms with van der Waals surface area (Å²) in [4.78, 5) is 39.0. The Morgan fingerprint density at radius 1 is 0.750 bits per heavy atom. The molecule has 4 rings (SSSR count). The van der Waals surface area contributed by atoms with Crippen LogP contribution in [-0.2, 0) is 34.1 Å². The third-order valence-electron chi connectivity index (χ3n) is 5.35. The quantitative estimate of drug-likeness (QED) is 0.0926. The molecule has 1 atom stereocenters. The molecule has 0 aliphatic heterocycles. The summed E-state index contributed by atoms with van der Waals surface area (Å²) in [5.74, 6) is -2.23. The number of hydrogen-bond acceptors (Lipinski definition) is 10. The second-order valence-corrected chi connectivity index (χ2v) is 9.19. The fourth-order valence-electron chi connectivity index (χ4n) is 3.47. The lowest BCUT2D eigenvalue weighted by molar-refractivity contribution is -0.253.